The maximum Gasteiger partial charge on any atom is 0.347 e. The van der Waals surface area contributed by atoms with E-state index in [1.165, 1.54) is 6.07 Å². The number of nitrogens with one attached hydrogen (secondary N) is 1. The van der Waals surface area contributed by atoms with Crippen molar-refractivity contribution in [3.8, 4) is 5.88 Å². The van der Waals surface area contributed by atoms with Gasteiger partial charge in [-0.2, -0.15) is 0 Å². The Morgan fingerprint density at radius 3 is 3.00 bits per heavy atom. The predicted octanol–water partition coefficient (Wildman–Crippen LogP) is 0.128. The third-order valence-electron chi connectivity index (χ3n) is 1.62. The molecule has 1 rings (SSSR count). The zero-order valence-corrected chi connectivity index (χ0v) is 8.28. The normalized spacial score (nSPS) is 9.86. The van der Waals surface area contributed by atoms with Crippen molar-refractivity contribution in [1.29, 1.82) is 0 Å². The summed E-state index contributed by atoms with van der Waals surface area (Å²) in [4.78, 5) is 3.78. The van der Waals surface area contributed by atoms with Crippen molar-refractivity contribution < 1.29 is 9.47 Å². The van der Waals surface area contributed by atoms with Gasteiger partial charge in [0.05, 0.1) is 12.7 Å². The molecule has 14 heavy (non-hydrogen) atoms. The first-order valence-electron chi connectivity index (χ1n) is 4.39. The van der Waals surface area contributed by atoms with Crippen LogP contribution in [-0.2, 0) is 0 Å². The second-order valence-electron chi connectivity index (χ2n) is 2.73. The van der Waals surface area contributed by atoms with E-state index in [-0.39, 0.29) is 5.95 Å². The quantitative estimate of drug-likeness (QED) is 0.530. The highest BCUT2D eigenvalue weighted by Crippen LogP contribution is 2.12. The summed E-state index contributed by atoms with van der Waals surface area (Å²) in [6, 6.07) is 1.51. The van der Waals surface area contributed by atoms with Gasteiger partial charge in [0.2, 0.25) is 5.82 Å². The molecule has 3 N–H and O–H groups in total. The van der Waals surface area contributed by atoms with Gasteiger partial charge in [0.1, 0.15) is 0 Å². The van der Waals surface area contributed by atoms with Crippen LogP contribution in [-0.4, -0.2) is 18.6 Å². The molecule has 78 valence electrons. The summed E-state index contributed by atoms with van der Waals surface area (Å²) in [5, 5.41) is 13.9. The van der Waals surface area contributed by atoms with Gasteiger partial charge in [-0.15, -0.1) is 0 Å². The molecular formula is C8H14N4O2. The number of nitrogens with two attached hydrogens (primary N) is 1. The van der Waals surface area contributed by atoms with E-state index in [2.05, 4.69) is 10.3 Å². The van der Waals surface area contributed by atoms with Gasteiger partial charge >= 0.3 is 5.95 Å². The van der Waals surface area contributed by atoms with Crippen LogP contribution in [0.5, 0.6) is 5.88 Å². The lowest BCUT2D eigenvalue weighted by Crippen LogP contribution is -2.35. The van der Waals surface area contributed by atoms with Crippen LogP contribution in [0.4, 0.5) is 11.8 Å². The fourth-order valence-electron chi connectivity index (χ4n) is 0.944. The van der Waals surface area contributed by atoms with Crippen LogP contribution in [0.1, 0.15) is 13.3 Å². The second-order valence-corrected chi connectivity index (χ2v) is 2.73. The summed E-state index contributed by atoms with van der Waals surface area (Å²) < 4.78 is 5.76. The zero-order chi connectivity index (χ0) is 10.6. The highest BCUT2D eigenvalue weighted by atomic mass is 16.5. The lowest BCUT2D eigenvalue weighted by Gasteiger charge is -2.12. The Labute approximate surface area is 82.3 Å². The molecule has 0 amide bonds. The van der Waals surface area contributed by atoms with E-state index < -0.39 is 0 Å². The van der Waals surface area contributed by atoms with E-state index in [9.17, 15) is 5.21 Å². The molecular weight excluding hydrogens is 184 g/mol. The number of aromatic nitrogens is 2. The second kappa shape index (κ2) is 4.50. The Morgan fingerprint density at radius 2 is 2.43 bits per heavy atom. The van der Waals surface area contributed by atoms with Crippen molar-refractivity contribution >= 4 is 11.8 Å². The summed E-state index contributed by atoms with van der Waals surface area (Å²) in [5.74, 6) is 0.562. The summed E-state index contributed by atoms with van der Waals surface area (Å²) in [6.07, 6.45) is 0.878. The molecule has 0 bridgehead atoms. The molecule has 0 aliphatic carbocycles. The first-order valence-corrected chi connectivity index (χ1v) is 4.39. The maximum absolute atomic E-state index is 11.2. The Bertz CT molecular complexity index is 316. The number of nitrogens with zero attached hydrogens (tertiary/aromatic N) is 2. The summed E-state index contributed by atoms with van der Waals surface area (Å²) in [5.41, 5.74) is 5.39. The third-order valence-corrected chi connectivity index (χ3v) is 1.62. The monoisotopic (exact) mass is 198 g/mol. The smallest absolute Gasteiger partial charge is 0.347 e. The zero-order valence-electron chi connectivity index (χ0n) is 8.28. The molecule has 0 radical (unpaired) electrons. The molecule has 0 saturated heterocycles. The van der Waals surface area contributed by atoms with Gasteiger partial charge in [-0.1, -0.05) is 11.9 Å². The number of hydrogen-bond donors (Lipinski definition) is 2. The minimum Gasteiger partial charge on any atom is -0.754 e. The Hall–Kier alpha value is -1.72. The van der Waals surface area contributed by atoms with E-state index in [1.54, 1.807) is 7.05 Å². The van der Waals surface area contributed by atoms with Gasteiger partial charge in [0.15, 0.2) is 0 Å². The van der Waals surface area contributed by atoms with E-state index in [0.29, 0.717) is 23.0 Å². The molecule has 1 aromatic heterocycles. The average Bonchev–Trinajstić information content (AvgIpc) is 2.19. The molecule has 6 nitrogen and oxygen atoms in total. The predicted molar refractivity (Wildman–Crippen MR) is 52.9 cm³/mol. The Balaban J connectivity index is 2.91. The molecule has 0 aliphatic rings. The minimum absolute atomic E-state index is 0.122. The highest BCUT2D eigenvalue weighted by Gasteiger charge is 2.09. The maximum atomic E-state index is 11.2. The van der Waals surface area contributed by atoms with Crippen molar-refractivity contribution in [3.63, 3.8) is 0 Å². The first-order chi connectivity index (χ1) is 6.69. The van der Waals surface area contributed by atoms with Gasteiger partial charge in [-0.05, 0) is 6.42 Å². The Morgan fingerprint density at radius 1 is 1.71 bits per heavy atom. The molecule has 0 aliphatic heterocycles. The lowest BCUT2D eigenvalue weighted by atomic mass is 10.5. The SMILES string of the molecule is CCCOc1cc(NC)[n+]([O-])c(N)n1. The van der Waals surface area contributed by atoms with E-state index in [0.717, 1.165) is 6.42 Å². The Kier molecular flexibility index (Phi) is 3.33. The van der Waals surface area contributed by atoms with Crippen molar-refractivity contribution in [2.45, 2.75) is 13.3 Å². The topological polar surface area (TPSA) is 87.1 Å². The summed E-state index contributed by atoms with van der Waals surface area (Å²) in [6.45, 7) is 2.54. The summed E-state index contributed by atoms with van der Waals surface area (Å²) >= 11 is 0. The molecule has 0 aromatic carbocycles. The van der Waals surface area contributed by atoms with E-state index in [4.69, 9.17) is 10.5 Å². The van der Waals surface area contributed by atoms with Gasteiger partial charge in [0.25, 0.3) is 5.88 Å². The fourth-order valence-corrected chi connectivity index (χ4v) is 0.944. The van der Waals surface area contributed by atoms with Gasteiger partial charge in [0, 0.05) is 7.05 Å². The number of anilines is 2. The van der Waals surface area contributed by atoms with Gasteiger partial charge in [-0.25, -0.2) is 4.73 Å². The van der Waals surface area contributed by atoms with Crippen molar-refractivity contribution in [2.24, 2.45) is 0 Å². The molecule has 1 heterocycles. The van der Waals surface area contributed by atoms with Crippen LogP contribution in [0.3, 0.4) is 0 Å². The highest BCUT2D eigenvalue weighted by molar-refractivity contribution is 5.35. The van der Waals surface area contributed by atoms with Crippen LogP contribution in [0.25, 0.3) is 0 Å². The lowest BCUT2D eigenvalue weighted by molar-refractivity contribution is -0.577. The number of rotatable bonds is 4. The molecule has 6 heteroatoms. The molecule has 1 aromatic rings. The summed E-state index contributed by atoms with van der Waals surface area (Å²) in [7, 11) is 1.63. The largest absolute Gasteiger partial charge is 0.754 e. The minimum atomic E-state index is -0.122. The van der Waals surface area contributed by atoms with Crippen LogP contribution < -0.4 is 20.5 Å². The van der Waals surface area contributed by atoms with Crippen molar-refractivity contribution in [1.82, 2.24) is 4.98 Å². The number of nitrogen functional groups attached to an aromatic ring is 1. The first kappa shape index (κ1) is 10.4. The molecule has 0 fully saturated rings. The van der Waals surface area contributed by atoms with Gasteiger partial charge < -0.3 is 21.0 Å². The molecule has 0 saturated carbocycles. The third kappa shape index (κ3) is 2.15. The van der Waals surface area contributed by atoms with Crippen LogP contribution in [0.2, 0.25) is 0 Å². The average molecular weight is 198 g/mol. The molecule has 0 spiro atoms. The van der Waals surface area contributed by atoms with E-state index >= 15 is 0 Å². The fraction of sp³-hybridized carbons (Fsp3) is 0.500. The van der Waals surface area contributed by atoms with Crippen LogP contribution in [0, 0.1) is 5.21 Å². The van der Waals surface area contributed by atoms with E-state index in [1.807, 2.05) is 6.92 Å². The van der Waals surface area contributed by atoms with Crippen LogP contribution >= 0.6 is 0 Å². The number of hydrogen-bond acceptors (Lipinski definition) is 5. The number of ether oxygens (including phenoxy) is 1. The van der Waals surface area contributed by atoms with Crippen molar-refractivity contribution in [2.75, 3.05) is 24.7 Å². The molecule has 0 atom stereocenters. The van der Waals surface area contributed by atoms with Crippen LogP contribution in [0.15, 0.2) is 6.07 Å². The van der Waals surface area contributed by atoms with Crippen molar-refractivity contribution in [3.05, 3.63) is 11.3 Å². The standard InChI is InChI=1S/C8H14N4O2/c1-3-4-14-7-5-6(10-2)12(13)8(9)11-7/h5,10H,3-4H2,1-2H3,(H2,9,11). The molecule has 0 unspecified atom stereocenters. The van der Waals surface area contributed by atoms with Gasteiger partial charge in [-0.3, -0.25) is 0 Å².